The molecular weight excluding hydrogens is 698 g/mol. The number of carbonyl (C=O) groups is 2. The molecule has 1 amide bonds. The Morgan fingerprint density at radius 3 is 1.84 bits per heavy atom. The lowest BCUT2D eigenvalue weighted by Crippen LogP contribution is -2.66. The summed E-state index contributed by atoms with van der Waals surface area (Å²) in [7, 11) is 0. The SMILES string of the molecule is C=C/C(=C\C=C/C)COC(=O)C12CCC[C@@H]1C1CCC3C4(C)CCC(=O)NC(C)(C)C4CCC3(C)[C@]1(C)CC2.C=CC.CC.CC.CC.CC.CCC.CCl. The van der Waals surface area contributed by atoms with E-state index in [1.165, 1.54) is 38.5 Å². The predicted molar refractivity (Wildman–Crippen MR) is 247 cm³/mol. The van der Waals surface area contributed by atoms with E-state index >= 15 is 0 Å². The zero-order valence-corrected chi connectivity index (χ0v) is 40.7. The van der Waals surface area contributed by atoms with Crippen molar-refractivity contribution >= 4 is 23.5 Å². The van der Waals surface area contributed by atoms with Crippen molar-refractivity contribution in [3.63, 3.8) is 0 Å². The van der Waals surface area contributed by atoms with Crippen LogP contribution in [0.2, 0.25) is 0 Å². The lowest BCUT2D eigenvalue weighted by molar-refractivity contribution is -0.224. The number of rotatable bonds is 5. The number of hydrogen-bond donors (Lipinski definition) is 1. The molecule has 1 saturated heterocycles. The van der Waals surface area contributed by atoms with Gasteiger partial charge in [0.15, 0.2) is 0 Å². The Hall–Kier alpha value is -1.81. The number of halogens is 1. The third-order valence-corrected chi connectivity index (χ3v) is 13.4. The molecule has 5 aliphatic rings. The van der Waals surface area contributed by atoms with Crippen LogP contribution < -0.4 is 5.32 Å². The van der Waals surface area contributed by atoms with Gasteiger partial charge in [-0.3, -0.25) is 9.59 Å². The van der Waals surface area contributed by atoms with E-state index in [0.29, 0.717) is 36.7 Å². The highest BCUT2D eigenvalue weighted by atomic mass is 35.5. The Kier molecular flexibility index (Phi) is 29.9. The van der Waals surface area contributed by atoms with Crippen LogP contribution in [0, 0.1) is 45.3 Å². The van der Waals surface area contributed by atoms with Crippen molar-refractivity contribution in [1.29, 1.82) is 0 Å². The minimum atomic E-state index is -0.317. The van der Waals surface area contributed by atoms with E-state index in [1.807, 2.05) is 87.5 Å². The van der Waals surface area contributed by atoms with Crippen molar-refractivity contribution < 1.29 is 14.3 Å². The quantitative estimate of drug-likeness (QED) is 0.131. The van der Waals surface area contributed by atoms with Crippen LogP contribution in [0.5, 0.6) is 0 Å². The van der Waals surface area contributed by atoms with Gasteiger partial charge >= 0.3 is 5.97 Å². The third kappa shape index (κ3) is 13.1. The van der Waals surface area contributed by atoms with Crippen LogP contribution in [0.25, 0.3) is 0 Å². The van der Waals surface area contributed by atoms with E-state index in [2.05, 4.69) is 78.5 Å². The summed E-state index contributed by atoms with van der Waals surface area (Å²) >= 11 is 4.64. The van der Waals surface area contributed by atoms with Crippen molar-refractivity contribution in [2.45, 2.75) is 200 Å². The zero-order chi connectivity index (χ0) is 43.7. The second kappa shape index (κ2) is 28.6. The topological polar surface area (TPSA) is 55.4 Å². The third-order valence-electron chi connectivity index (χ3n) is 13.4. The number of allylic oxidation sites excluding steroid dienone is 4. The van der Waals surface area contributed by atoms with Crippen molar-refractivity contribution in [3.05, 3.63) is 49.1 Å². The molecule has 55 heavy (non-hydrogen) atoms. The molecule has 0 spiro atoms. The molecule has 0 radical (unpaired) electrons. The molecule has 5 fully saturated rings. The number of hydrogen-bond acceptors (Lipinski definition) is 3. The number of amides is 1. The van der Waals surface area contributed by atoms with Gasteiger partial charge in [-0.25, -0.2) is 0 Å². The molecule has 0 aromatic carbocycles. The predicted octanol–water partition coefficient (Wildman–Crippen LogP) is 15.5. The maximum atomic E-state index is 13.9. The number of carbonyl (C=O) groups excluding carboxylic acids is 2. The van der Waals surface area contributed by atoms with Gasteiger partial charge in [0.25, 0.3) is 0 Å². The number of ether oxygens (including phenoxy) is 1. The highest BCUT2D eigenvalue weighted by molar-refractivity contribution is 6.15. The highest BCUT2D eigenvalue weighted by Crippen LogP contribution is 2.75. The van der Waals surface area contributed by atoms with Crippen molar-refractivity contribution in [2.75, 3.05) is 13.0 Å². The first-order chi connectivity index (χ1) is 26.2. The molecule has 0 aromatic heterocycles. The molecule has 1 N–H and O–H groups in total. The van der Waals surface area contributed by atoms with Gasteiger partial charge in [0.1, 0.15) is 6.61 Å². The Balaban J connectivity index is -0.00000149. The molecule has 5 heteroatoms. The molecule has 0 bridgehead atoms. The van der Waals surface area contributed by atoms with Crippen LogP contribution in [-0.2, 0) is 14.3 Å². The van der Waals surface area contributed by atoms with Crippen LogP contribution in [0.15, 0.2) is 49.1 Å². The fourth-order valence-corrected chi connectivity index (χ4v) is 11.4. The van der Waals surface area contributed by atoms with Gasteiger partial charge in [-0.05, 0) is 131 Å². The van der Waals surface area contributed by atoms with Gasteiger partial charge in [0.2, 0.25) is 5.91 Å². The fraction of sp³-hybridized carbons (Fsp3) is 0.800. The Morgan fingerprint density at radius 1 is 0.782 bits per heavy atom. The molecule has 324 valence electrons. The van der Waals surface area contributed by atoms with E-state index in [4.69, 9.17) is 4.74 Å². The van der Waals surface area contributed by atoms with Gasteiger partial charge in [-0.15, -0.1) is 18.2 Å². The lowest BCUT2D eigenvalue weighted by Gasteiger charge is -2.71. The zero-order valence-electron chi connectivity index (χ0n) is 39.9. The average molecular weight is 793 g/mol. The summed E-state index contributed by atoms with van der Waals surface area (Å²) in [5.74, 6) is 2.38. The van der Waals surface area contributed by atoms with Gasteiger partial charge in [0, 0.05) is 18.3 Å². The second-order valence-corrected chi connectivity index (χ2v) is 16.3. The van der Waals surface area contributed by atoms with Gasteiger partial charge in [-0.1, -0.05) is 140 Å². The Labute approximate surface area is 349 Å². The molecule has 6 unspecified atom stereocenters. The van der Waals surface area contributed by atoms with Crippen molar-refractivity contribution in [3.8, 4) is 0 Å². The molecule has 1 heterocycles. The number of esters is 1. The summed E-state index contributed by atoms with van der Waals surface area (Å²) in [5.41, 5.74) is 1.08. The monoisotopic (exact) mass is 792 g/mol. The van der Waals surface area contributed by atoms with E-state index in [0.717, 1.165) is 44.1 Å². The van der Waals surface area contributed by atoms with Gasteiger partial charge in [-0.2, -0.15) is 0 Å². The first kappa shape index (κ1) is 57.5. The molecule has 4 aliphatic carbocycles. The minimum absolute atomic E-state index is 0.0401. The van der Waals surface area contributed by atoms with Crippen molar-refractivity contribution in [2.24, 2.45) is 45.3 Å². The number of alkyl halides is 1. The second-order valence-electron chi connectivity index (χ2n) is 16.3. The lowest BCUT2D eigenvalue weighted by atomic mass is 9.34. The van der Waals surface area contributed by atoms with E-state index in [-0.39, 0.29) is 39.1 Å². The summed E-state index contributed by atoms with van der Waals surface area (Å²) in [4.78, 5) is 26.6. The first-order valence-electron chi connectivity index (χ1n) is 22.6. The molecular formula is C50H94ClNO3. The summed E-state index contributed by atoms with van der Waals surface area (Å²) in [5, 5.41) is 3.40. The van der Waals surface area contributed by atoms with Crippen LogP contribution in [0.3, 0.4) is 0 Å². The average Bonchev–Trinajstić information content (AvgIpc) is 3.61. The first-order valence-corrected chi connectivity index (χ1v) is 23.3. The number of nitrogens with one attached hydrogen (secondary N) is 1. The summed E-state index contributed by atoms with van der Waals surface area (Å²) in [6.07, 6.45) is 24.0. The molecule has 0 aromatic rings. The normalized spacial score (nSPS) is 33.2. The molecule has 8 atom stereocenters. The largest absolute Gasteiger partial charge is 0.460 e. The Morgan fingerprint density at radius 2 is 1.33 bits per heavy atom. The minimum Gasteiger partial charge on any atom is -0.460 e. The molecule has 5 rings (SSSR count). The van der Waals surface area contributed by atoms with E-state index < -0.39 is 0 Å². The standard InChI is InChI=1S/C35H53NO3.C3H8.C3H6.4C2H6.CH3Cl/c1-8-10-12-24(9-2)23-39-30(38)35-18-11-13-26(35)25-14-15-28-32(5)19-17-29(37)36-31(3,4)27(32)16-20-34(28,7)33(25,6)21-22-35;2*1-3-2;5*1-2/h8-10,12,25-28H,2,11,13-23H2,1,3-7H3,(H,36,37);3H2,1-2H3;3H,1H2,2H3;4*1-2H3;1H3/b10-8-,24-12+;;;;;;;/t25?,26-,27?,28?,32?,33-,34?,35?;;;;;;;/m1......./s1. The van der Waals surface area contributed by atoms with Gasteiger partial charge in [0.05, 0.1) is 5.41 Å². The Bertz CT molecular complexity index is 1140. The maximum absolute atomic E-state index is 13.9. The van der Waals surface area contributed by atoms with E-state index in [1.54, 1.807) is 12.2 Å². The van der Waals surface area contributed by atoms with Crippen LogP contribution in [0.4, 0.5) is 0 Å². The van der Waals surface area contributed by atoms with E-state index in [9.17, 15) is 9.59 Å². The molecule has 4 saturated carbocycles. The summed E-state index contributed by atoms with van der Waals surface area (Å²) in [6, 6.07) is 0. The maximum Gasteiger partial charge on any atom is 0.312 e. The smallest absolute Gasteiger partial charge is 0.312 e. The summed E-state index contributed by atoms with van der Waals surface area (Å²) < 4.78 is 6.06. The summed E-state index contributed by atoms with van der Waals surface area (Å²) in [6.45, 7) is 44.0. The molecule has 4 nitrogen and oxygen atoms in total. The van der Waals surface area contributed by atoms with Crippen LogP contribution >= 0.6 is 11.6 Å². The van der Waals surface area contributed by atoms with Crippen molar-refractivity contribution in [1.82, 2.24) is 5.32 Å². The highest BCUT2D eigenvalue weighted by Gasteiger charge is 2.70. The van der Waals surface area contributed by atoms with Gasteiger partial charge < -0.3 is 10.1 Å². The van der Waals surface area contributed by atoms with Crippen LogP contribution in [-0.4, -0.2) is 30.4 Å². The molecule has 1 aliphatic heterocycles. The number of fused-ring (bicyclic) bond motifs is 7. The fourth-order valence-electron chi connectivity index (χ4n) is 11.4. The van der Waals surface area contributed by atoms with Crippen LogP contribution in [0.1, 0.15) is 195 Å².